The molecule has 0 bridgehead atoms. The Labute approximate surface area is 102 Å². The molecule has 0 amide bonds. The highest BCUT2D eigenvalue weighted by Crippen LogP contribution is 2.18. The van der Waals surface area contributed by atoms with Crippen LogP contribution in [0.3, 0.4) is 0 Å². The normalized spacial score (nSPS) is 15.8. The topological polar surface area (TPSA) is 99.1 Å². The van der Waals surface area contributed by atoms with Crippen LogP contribution in [0.1, 0.15) is 43.7 Å². The fraction of sp³-hybridized carbons (Fsp3) is 0.800. The second-order valence-electron chi connectivity index (χ2n) is 4.27. The molecule has 1 rings (SSSR count). The number of nitrogens with zero attached hydrogens (tertiary/aromatic N) is 2. The third-order valence-electron chi connectivity index (χ3n) is 2.59. The molecule has 0 radical (unpaired) electrons. The van der Waals surface area contributed by atoms with E-state index < -0.39 is 15.1 Å². The monoisotopic (exact) mass is 261 g/mol. The van der Waals surface area contributed by atoms with E-state index in [9.17, 15) is 8.42 Å². The molecule has 98 valence electrons. The highest BCUT2D eigenvalue weighted by molar-refractivity contribution is 7.90. The average Bonchev–Trinajstić information content (AvgIpc) is 2.63. The van der Waals surface area contributed by atoms with Crippen molar-refractivity contribution < 1.29 is 12.9 Å². The first-order chi connectivity index (χ1) is 7.84. The zero-order valence-corrected chi connectivity index (χ0v) is 11.2. The van der Waals surface area contributed by atoms with E-state index in [1.807, 2.05) is 6.92 Å². The third-order valence-corrected chi connectivity index (χ3v) is 4.08. The van der Waals surface area contributed by atoms with E-state index in [-0.39, 0.29) is 11.9 Å². The zero-order chi connectivity index (χ0) is 13.1. The maximum atomic E-state index is 11.3. The summed E-state index contributed by atoms with van der Waals surface area (Å²) in [6.07, 6.45) is 3.50. The van der Waals surface area contributed by atoms with Crippen LogP contribution in [0.2, 0.25) is 0 Å². The molecule has 0 aromatic carbocycles. The molecule has 1 aromatic rings. The van der Waals surface area contributed by atoms with Gasteiger partial charge in [0.15, 0.2) is 15.7 Å². The van der Waals surface area contributed by atoms with Crippen molar-refractivity contribution in [2.45, 2.75) is 44.4 Å². The Morgan fingerprint density at radius 1 is 1.47 bits per heavy atom. The summed E-state index contributed by atoms with van der Waals surface area (Å²) in [5.74, 6) is 0.600. The van der Waals surface area contributed by atoms with Crippen molar-refractivity contribution in [2.75, 3.05) is 6.26 Å². The van der Waals surface area contributed by atoms with Crippen LogP contribution < -0.4 is 5.73 Å². The van der Waals surface area contributed by atoms with Crippen molar-refractivity contribution in [1.82, 2.24) is 10.1 Å². The van der Waals surface area contributed by atoms with Crippen molar-refractivity contribution in [3.63, 3.8) is 0 Å². The first-order valence-electron chi connectivity index (χ1n) is 5.61. The Morgan fingerprint density at radius 2 is 2.12 bits per heavy atom. The summed E-state index contributed by atoms with van der Waals surface area (Å²) in [5.41, 5.74) is 5.84. The zero-order valence-electron chi connectivity index (χ0n) is 10.4. The number of aromatic nitrogens is 2. The van der Waals surface area contributed by atoms with Gasteiger partial charge in [-0.3, -0.25) is 0 Å². The first kappa shape index (κ1) is 14.1. The number of rotatable bonds is 6. The van der Waals surface area contributed by atoms with Crippen LogP contribution in [0.25, 0.3) is 0 Å². The van der Waals surface area contributed by atoms with E-state index in [4.69, 9.17) is 10.3 Å². The number of sulfone groups is 1. The van der Waals surface area contributed by atoms with Crippen LogP contribution in [0.15, 0.2) is 4.52 Å². The standard InChI is InChI=1S/C10H19N3O3S/c1-4-5-8(11)6-9-12-10(13-16-9)7(2)17(3,14)15/h7-8H,4-6,11H2,1-3H3. The van der Waals surface area contributed by atoms with Gasteiger partial charge in [0.05, 0.1) is 0 Å². The van der Waals surface area contributed by atoms with Gasteiger partial charge in [-0.05, 0) is 13.3 Å². The van der Waals surface area contributed by atoms with Crippen LogP contribution in [0, 0.1) is 0 Å². The molecule has 7 heteroatoms. The molecule has 0 saturated carbocycles. The van der Waals surface area contributed by atoms with Gasteiger partial charge < -0.3 is 10.3 Å². The lowest BCUT2D eigenvalue weighted by molar-refractivity contribution is 0.361. The van der Waals surface area contributed by atoms with Gasteiger partial charge in [0, 0.05) is 18.7 Å². The summed E-state index contributed by atoms with van der Waals surface area (Å²) >= 11 is 0. The van der Waals surface area contributed by atoms with Gasteiger partial charge in [-0.15, -0.1) is 0 Å². The van der Waals surface area contributed by atoms with E-state index in [1.165, 1.54) is 6.92 Å². The summed E-state index contributed by atoms with van der Waals surface area (Å²) in [6, 6.07) is -0.0261. The predicted octanol–water partition coefficient (Wildman–Crippen LogP) is 0.845. The number of hydrogen-bond acceptors (Lipinski definition) is 6. The Balaban J connectivity index is 2.72. The average molecular weight is 261 g/mol. The quantitative estimate of drug-likeness (QED) is 0.814. The highest BCUT2D eigenvalue weighted by atomic mass is 32.2. The molecule has 1 heterocycles. The molecule has 0 aliphatic rings. The lowest BCUT2D eigenvalue weighted by Crippen LogP contribution is -2.22. The highest BCUT2D eigenvalue weighted by Gasteiger charge is 2.23. The van der Waals surface area contributed by atoms with Crippen LogP contribution >= 0.6 is 0 Å². The molecule has 0 fully saturated rings. The fourth-order valence-corrected chi connectivity index (χ4v) is 1.88. The van der Waals surface area contributed by atoms with Crippen molar-refractivity contribution in [3.05, 3.63) is 11.7 Å². The smallest absolute Gasteiger partial charge is 0.228 e. The van der Waals surface area contributed by atoms with Gasteiger partial charge >= 0.3 is 0 Å². The largest absolute Gasteiger partial charge is 0.339 e. The maximum absolute atomic E-state index is 11.3. The summed E-state index contributed by atoms with van der Waals surface area (Å²) in [5, 5.41) is 2.93. The first-order valence-corrected chi connectivity index (χ1v) is 7.57. The van der Waals surface area contributed by atoms with E-state index >= 15 is 0 Å². The summed E-state index contributed by atoms with van der Waals surface area (Å²) in [6.45, 7) is 3.58. The molecule has 1 aromatic heterocycles. The van der Waals surface area contributed by atoms with E-state index in [0.29, 0.717) is 12.3 Å². The van der Waals surface area contributed by atoms with Gasteiger partial charge in [0.25, 0.3) is 0 Å². The Kier molecular flexibility index (Phi) is 4.64. The second kappa shape index (κ2) is 5.59. The van der Waals surface area contributed by atoms with Crippen molar-refractivity contribution >= 4 is 9.84 Å². The molecule has 0 aliphatic heterocycles. The summed E-state index contributed by atoms with van der Waals surface area (Å²) in [4.78, 5) is 4.06. The van der Waals surface area contributed by atoms with Gasteiger partial charge in [0.1, 0.15) is 5.25 Å². The van der Waals surface area contributed by atoms with Gasteiger partial charge in [-0.2, -0.15) is 4.98 Å². The second-order valence-corrected chi connectivity index (χ2v) is 6.64. The van der Waals surface area contributed by atoms with E-state index in [2.05, 4.69) is 10.1 Å². The molecule has 2 N–H and O–H groups in total. The van der Waals surface area contributed by atoms with Crippen molar-refractivity contribution in [2.24, 2.45) is 5.73 Å². The third kappa shape index (κ3) is 4.08. The lowest BCUT2D eigenvalue weighted by Gasteiger charge is -2.05. The van der Waals surface area contributed by atoms with Gasteiger partial charge in [-0.25, -0.2) is 8.42 Å². The van der Waals surface area contributed by atoms with Crippen molar-refractivity contribution in [1.29, 1.82) is 0 Å². The number of nitrogens with two attached hydrogens (primary N) is 1. The number of hydrogen-bond donors (Lipinski definition) is 1. The fourth-order valence-electron chi connectivity index (χ4n) is 1.40. The Hall–Kier alpha value is -0.950. The molecular weight excluding hydrogens is 242 g/mol. The van der Waals surface area contributed by atoms with Crippen LogP contribution in [-0.2, 0) is 16.3 Å². The van der Waals surface area contributed by atoms with Crippen molar-refractivity contribution in [3.8, 4) is 0 Å². The van der Waals surface area contributed by atoms with Crippen LogP contribution in [0.4, 0.5) is 0 Å². The Morgan fingerprint density at radius 3 is 2.65 bits per heavy atom. The van der Waals surface area contributed by atoms with Crippen LogP contribution in [0.5, 0.6) is 0 Å². The molecular formula is C10H19N3O3S. The summed E-state index contributed by atoms with van der Waals surface area (Å²) < 4.78 is 27.6. The maximum Gasteiger partial charge on any atom is 0.228 e. The molecule has 0 spiro atoms. The molecule has 2 unspecified atom stereocenters. The lowest BCUT2D eigenvalue weighted by atomic mass is 10.1. The SMILES string of the molecule is CCCC(N)Cc1nc(C(C)S(C)(=O)=O)no1. The minimum Gasteiger partial charge on any atom is -0.339 e. The Bertz CT molecular complexity index is 455. The molecule has 6 nitrogen and oxygen atoms in total. The van der Waals surface area contributed by atoms with E-state index in [1.54, 1.807) is 0 Å². The molecule has 2 atom stereocenters. The van der Waals surface area contributed by atoms with E-state index in [0.717, 1.165) is 19.1 Å². The van der Waals surface area contributed by atoms with Crippen LogP contribution in [-0.4, -0.2) is 30.9 Å². The molecule has 0 aliphatic carbocycles. The minimum atomic E-state index is -3.20. The van der Waals surface area contributed by atoms with Gasteiger partial charge in [-0.1, -0.05) is 18.5 Å². The molecule has 0 saturated heterocycles. The summed E-state index contributed by atoms with van der Waals surface area (Å²) in [7, 11) is -3.20. The minimum absolute atomic E-state index is 0.0261. The predicted molar refractivity (Wildman–Crippen MR) is 64.1 cm³/mol. The van der Waals surface area contributed by atoms with Gasteiger partial charge in [0.2, 0.25) is 5.89 Å². The molecule has 17 heavy (non-hydrogen) atoms.